The summed E-state index contributed by atoms with van der Waals surface area (Å²) in [6.07, 6.45) is 28.0. The molecule has 0 aromatic rings. The minimum Gasteiger partial charge on any atom is -0.487 e. The van der Waals surface area contributed by atoms with E-state index in [2.05, 4.69) is 31.0 Å². The molecule has 4 nitrogen and oxygen atoms in total. The number of hydrogen-bond donors (Lipinski definition) is 2. The van der Waals surface area contributed by atoms with Gasteiger partial charge in [0.2, 0.25) is 0 Å². The molecule has 1 saturated heterocycles. The van der Waals surface area contributed by atoms with Gasteiger partial charge in [-0.2, -0.15) is 0 Å². The van der Waals surface area contributed by atoms with Crippen molar-refractivity contribution >= 4 is 0 Å². The van der Waals surface area contributed by atoms with Crippen molar-refractivity contribution in [3.8, 4) is 0 Å². The van der Waals surface area contributed by atoms with E-state index in [9.17, 15) is 10.2 Å². The number of hydrogen-bond acceptors (Lipinski definition) is 4. The number of ether oxygens (including phenoxy) is 1. The maximum atomic E-state index is 11.9. The molecule has 0 aromatic heterocycles. The van der Waals surface area contributed by atoms with Crippen LogP contribution in [0.1, 0.15) is 122 Å². The summed E-state index contributed by atoms with van der Waals surface area (Å²) in [4.78, 5) is 2.50. The number of rotatable bonds is 15. The first-order valence-electron chi connectivity index (χ1n) is 15.9. The highest BCUT2D eigenvalue weighted by molar-refractivity contribution is 5.55. The second-order valence-electron chi connectivity index (χ2n) is 13.0. The second-order valence-corrected chi connectivity index (χ2v) is 13.0. The molecule has 0 unspecified atom stereocenters. The highest BCUT2D eigenvalue weighted by Crippen LogP contribution is 2.66. The highest BCUT2D eigenvalue weighted by atomic mass is 16.5. The molecular weight excluding hydrogens is 458 g/mol. The van der Waals surface area contributed by atoms with Gasteiger partial charge < -0.3 is 19.8 Å². The predicted molar refractivity (Wildman–Crippen MR) is 151 cm³/mol. The van der Waals surface area contributed by atoms with Gasteiger partial charge in [0.1, 0.15) is 23.6 Å². The first-order chi connectivity index (χ1) is 18.0. The van der Waals surface area contributed by atoms with E-state index in [1.807, 2.05) is 6.08 Å². The van der Waals surface area contributed by atoms with Gasteiger partial charge in [-0.25, -0.2) is 0 Å². The highest BCUT2D eigenvalue weighted by Gasteiger charge is 2.67. The van der Waals surface area contributed by atoms with Gasteiger partial charge in [0.25, 0.3) is 0 Å². The summed E-state index contributed by atoms with van der Waals surface area (Å²) in [6.45, 7) is 3.32. The molecule has 1 spiro atoms. The third kappa shape index (κ3) is 5.24. The van der Waals surface area contributed by atoms with E-state index in [-0.39, 0.29) is 11.5 Å². The normalized spacial score (nSPS) is 35.9. The van der Waals surface area contributed by atoms with Crippen LogP contribution in [0.2, 0.25) is 0 Å². The summed E-state index contributed by atoms with van der Waals surface area (Å²) in [7, 11) is 2.24. The summed E-state index contributed by atoms with van der Waals surface area (Å²) in [5.74, 6) is 1.20. The fourth-order valence-corrected chi connectivity index (χ4v) is 8.38. The molecule has 5 aliphatic rings. The van der Waals surface area contributed by atoms with Crippen molar-refractivity contribution in [2.75, 3.05) is 13.6 Å². The Morgan fingerprint density at radius 1 is 0.919 bits per heavy atom. The van der Waals surface area contributed by atoms with E-state index in [0.717, 1.165) is 38.0 Å². The summed E-state index contributed by atoms with van der Waals surface area (Å²) in [5.41, 5.74) is 1.62. The van der Waals surface area contributed by atoms with Gasteiger partial charge in [0.05, 0.1) is 0 Å². The topological polar surface area (TPSA) is 52.9 Å². The van der Waals surface area contributed by atoms with E-state index in [0.29, 0.717) is 18.4 Å². The van der Waals surface area contributed by atoms with Crippen molar-refractivity contribution in [2.24, 2.45) is 11.3 Å². The van der Waals surface area contributed by atoms with Gasteiger partial charge in [-0.1, -0.05) is 115 Å². The number of aliphatic hydroxyl groups excluding tert-OH is 1. The molecule has 0 amide bonds. The van der Waals surface area contributed by atoms with Crippen LogP contribution in [0.15, 0.2) is 35.1 Å². The van der Waals surface area contributed by atoms with E-state index in [4.69, 9.17) is 4.74 Å². The Labute approximate surface area is 226 Å². The van der Waals surface area contributed by atoms with E-state index in [1.54, 1.807) is 0 Å². The molecule has 2 fully saturated rings. The molecule has 4 heteroatoms. The van der Waals surface area contributed by atoms with Crippen molar-refractivity contribution < 1.29 is 14.9 Å². The molecule has 2 N–H and O–H groups in total. The van der Waals surface area contributed by atoms with Gasteiger partial charge in [-0.3, -0.25) is 0 Å². The van der Waals surface area contributed by atoms with Crippen molar-refractivity contribution in [1.29, 1.82) is 0 Å². The average molecular weight is 512 g/mol. The Kier molecular flexibility index (Phi) is 8.88. The van der Waals surface area contributed by atoms with Crippen LogP contribution in [0.25, 0.3) is 0 Å². The Morgan fingerprint density at radius 2 is 1.54 bits per heavy atom. The SMILES string of the molecule is CCCCCCCCCCCCCCCC[C@]1(O)CC=C2C[C@@H]3[C@@H]4C=C[C@H](O)[C@@H]5OC1=C2[C@]45CCN3C. The number of aliphatic hydroxyl groups is 2. The first-order valence-corrected chi connectivity index (χ1v) is 15.9. The molecule has 0 radical (unpaired) electrons. The third-order valence-corrected chi connectivity index (χ3v) is 10.5. The van der Waals surface area contributed by atoms with E-state index in [1.165, 1.54) is 94.6 Å². The van der Waals surface area contributed by atoms with Crippen LogP contribution >= 0.6 is 0 Å². The van der Waals surface area contributed by atoms with E-state index < -0.39 is 11.7 Å². The van der Waals surface area contributed by atoms with Crippen LogP contribution in [0.3, 0.4) is 0 Å². The standard InChI is InChI=1S/C33H53NO3/c1-3-4-5-6-7-8-9-10-11-12-13-14-15-16-20-32(36)21-19-25-24-27-26-17-18-28(35)30-33(26,22-23-34(27)2)29(25)31(32)37-30/h17-19,26-28,30,35-36H,3-16,20-24H2,1-2H3/t26-,27+,28-,30-,32-,33-/m0/s1. The van der Waals surface area contributed by atoms with Crippen LogP contribution < -0.4 is 0 Å². The molecule has 1 saturated carbocycles. The fraction of sp³-hybridized carbons (Fsp3) is 0.818. The average Bonchev–Trinajstić information content (AvgIpc) is 3.26. The zero-order chi connectivity index (χ0) is 25.9. The molecule has 6 atom stereocenters. The van der Waals surface area contributed by atoms with Crippen LogP contribution in [0, 0.1) is 11.3 Å². The number of nitrogens with zero attached hydrogens (tertiary/aromatic N) is 1. The molecule has 5 rings (SSSR count). The maximum Gasteiger partial charge on any atom is 0.138 e. The van der Waals surface area contributed by atoms with Gasteiger partial charge in [-0.05, 0) is 38.4 Å². The quantitative estimate of drug-likeness (QED) is 0.180. The summed E-state index contributed by atoms with van der Waals surface area (Å²) in [6, 6.07) is 0.468. The molecule has 3 aliphatic carbocycles. The monoisotopic (exact) mass is 511 g/mol. The molecule has 0 aromatic carbocycles. The fourth-order valence-electron chi connectivity index (χ4n) is 8.38. The minimum absolute atomic E-state index is 0.158. The van der Waals surface area contributed by atoms with Crippen LogP contribution in [0.5, 0.6) is 0 Å². The molecule has 2 aliphatic heterocycles. The lowest BCUT2D eigenvalue weighted by molar-refractivity contribution is -0.103. The second kappa shape index (κ2) is 12.0. The zero-order valence-electron chi connectivity index (χ0n) is 23.7. The maximum absolute atomic E-state index is 11.9. The number of likely N-dealkylation sites (tertiary alicyclic amines) is 1. The zero-order valence-corrected chi connectivity index (χ0v) is 23.7. The molecule has 37 heavy (non-hydrogen) atoms. The summed E-state index contributed by atoms with van der Waals surface area (Å²) in [5, 5.41) is 22.9. The third-order valence-electron chi connectivity index (χ3n) is 10.5. The Morgan fingerprint density at radius 3 is 2.19 bits per heavy atom. The van der Waals surface area contributed by atoms with Gasteiger partial charge in [0, 0.05) is 29.4 Å². The Bertz CT molecular complexity index is 877. The first kappa shape index (κ1) is 27.5. The number of unbranched alkanes of at least 4 members (excludes halogenated alkanes) is 13. The van der Waals surface area contributed by atoms with Crippen molar-refractivity contribution in [1.82, 2.24) is 4.90 Å². The van der Waals surface area contributed by atoms with Gasteiger partial charge in [-0.15, -0.1) is 0 Å². The predicted octanol–water partition coefficient (Wildman–Crippen LogP) is 7.21. The largest absolute Gasteiger partial charge is 0.487 e. The Balaban J connectivity index is 1.08. The van der Waals surface area contributed by atoms with Crippen LogP contribution in [0.4, 0.5) is 0 Å². The minimum atomic E-state index is -0.900. The van der Waals surface area contributed by atoms with Crippen molar-refractivity contribution in [2.45, 2.75) is 146 Å². The molecular formula is C33H53NO3. The van der Waals surface area contributed by atoms with Crippen LogP contribution in [-0.4, -0.2) is 52.6 Å². The Hall–Kier alpha value is -1.10. The van der Waals surface area contributed by atoms with Crippen LogP contribution in [-0.2, 0) is 4.74 Å². The van der Waals surface area contributed by atoms with Gasteiger partial charge in [0.15, 0.2) is 0 Å². The van der Waals surface area contributed by atoms with Crippen molar-refractivity contribution in [3.05, 3.63) is 35.1 Å². The number of piperidine rings is 1. The lowest BCUT2D eigenvalue weighted by atomic mass is 9.51. The molecule has 2 heterocycles. The molecule has 2 bridgehead atoms. The smallest absolute Gasteiger partial charge is 0.138 e. The summed E-state index contributed by atoms with van der Waals surface area (Å²) >= 11 is 0. The summed E-state index contributed by atoms with van der Waals surface area (Å²) < 4.78 is 6.63. The lowest BCUT2D eigenvalue weighted by Crippen LogP contribution is -2.62. The van der Waals surface area contributed by atoms with Crippen molar-refractivity contribution in [3.63, 3.8) is 0 Å². The van der Waals surface area contributed by atoms with Gasteiger partial charge >= 0.3 is 0 Å². The molecule has 208 valence electrons. The van der Waals surface area contributed by atoms with E-state index >= 15 is 0 Å². The lowest BCUT2D eigenvalue weighted by Gasteiger charge is -2.58.